The number of halogens is 1. The van der Waals surface area contributed by atoms with Crippen molar-refractivity contribution in [3.8, 4) is 18.1 Å². The van der Waals surface area contributed by atoms with Gasteiger partial charge in [0, 0.05) is 24.3 Å². The van der Waals surface area contributed by atoms with E-state index >= 15 is 0 Å². The molecule has 3 aromatic heterocycles. The number of aliphatic hydroxyl groups excluding tert-OH is 1. The molecule has 5 rings (SSSR count). The maximum Gasteiger partial charge on any atom is 0.519 e. The zero-order valence-corrected chi connectivity index (χ0v) is 27.4. The van der Waals surface area contributed by atoms with E-state index in [4.69, 9.17) is 41.1 Å². The van der Waals surface area contributed by atoms with Crippen molar-refractivity contribution in [2.24, 2.45) is 0 Å². The number of carbonyl (C=O) groups excluding carboxylic acids is 2. The summed E-state index contributed by atoms with van der Waals surface area (Å²) in [7, 11) is 0. The molecular weight excluding hydrogens is 634 g/mol. The fourth-order valence-corrected chi connectivity index (χ4v) is 6.03. The van der Waals surface area contributed by atoms with E-state index in [9.17, 15) is 19.5 Å². The minimum absolute atomic E-state index is 0.0246. The number of aliphatic hydroxyl groups is 1. The number of benzene rings is 1. The maximum absolute atomic E-state index is 13.2. The lowest BCUT2D eigenvalue weighted by Gasteiger charge is -2.30. The second-order valence-corrected chi connectivity index (χ2v) is 12.4. The molecule has 0 unspecified atom stereocenters. The Morgan fingerprint density at radius 3 is 2.66 bits per heavy atom. The Hall–Kier alpha value is -4.71. The summed E-state index contributed by atoms with van der Waals surface area (Å²) in [6.07, 6.45) is 5.17. The van der Waals surface area contributed by atoms with Crippen molar-refractivity contribution >= 4 is 40.5 Å². The average molecular weight is 668 g/mol. The van der Waals surface area contributed by atoms with Crippen LogP contribution in [0.2, 0.25) is 5.28 Å². The van der Waals surface area contributed by atoms with Crippen LogP contribution >= 0.6 is 11.6 Å². The van der Waals surface area contributed by atoms with Gasteiger partial charge in [-0.1, -0.05) is 25.8 Å². The van der Waals surface area contributed by atoms with Gasteiger partial charge >= 0.3 is 17.8 Å². The summed E-state index contributed by atoms with van der Waals surface area (Å²) in [4.78, 5) is 49.3. The van der Waals surface area contributed by atoms with Gasteiger partial charge in [0.15, 0.2) is 28.3 Å². The van der Waals surface area contributed by atoms with Crippen LogP contribution in [0, 0.1) is 33.1 Å². The molecule has 0 aliphatic carbocycles. The molecule has 0 spiro atoms. The summed E-state index contributed by atoms with van der Waals surface area (Å²) in [6.45, 7) is 10.0. The van der Waals surface area contributed by atoms with Crippen molar-refractivity contribution in [3.05, 3.63) is 62.6 Å². The van der Waals surface area contributed by atoms with E-state index in [2.05, 4.69) is 26.2 Å². The molecule has 14 nitrogen and oxygen atoms in total. The van der Waals surface area contributed by atoms with Gasteiger partial charge in [-0.15, -0.1) is 6.42 Å². The lowest BCUT2D eigenvalue weighted by Crippen LogP contribution is -2.43. The highest BCUT2D eigenvalue weighted by atomic mass is 35.5. The molecule has 2 N–H and O–H groups in total. The first-order chi connectivity index (χ1) is 22.1. The topological polar surface area (TPSA) is 181 Å². The summed E-state index contributed by atoms with van der Waals surface area (Å²) >= 11 is 6.22. The largest absolute Gasteiger partial charge is 0.519 e. The molecule has 1 aromatic carbocycles. The van der Waals surface area contributed by atoms with Crippen molar-refractivity contribution < 1.29 is 37.7 Å². The van der Waals surface area contributed by atoms with Gasteiger partial charge in [-0.25, -0.2) is 9.78 Å². The average Bonchev–Trinajstić information content (AvgIpc) is 3.63. The highest BCUT2D eigenvalue weighted by molar-refractivity contribution is 6.28. The molecule has 1 aliphatic heterocycles. The van der Waals surface area contributed by atoms with E-state index in [1.165, 1.54) is 13.3 Å². The highest BCUT2D eigenvalue weighted by Gasteiger charge is 2.49. The molecule has 1 saturated heterocycles. The Labute approximate surface area is 274 Å². The third-order valence-corrected chi connectivity index (χ3v) is 8.09. The third kappa shape index (κ3) is 6.87. The summed E-state index contributed by atoms with van der Waals surface area (Å²) < 4.78 is 28.7. The number of aromatic nitrogens is 4. The van der Waals surface area contributed by atoms with Gasteiger partial charge < -0.3 is 33.5 Å². The van der Waals surface area contributed by atoms with E-state index in [1.807, 2.05) is 33.8 Å². The minimum Gasteiger partial charge on any atom is -0.461 e. The molecule has 1 fully saturated rings. The second-order valence-electron chi connectivity index (χ2n) is 12.1. The Bertz CT molecular complexity index is 1960. The zero-order valence-electron chi connectivity index (χ0n) is 26.7. The minimum atomic E-state index is -1.67. The predicted octanol–water partition coefficient (Wildman–Crippen LogP) is 4.05. The van der Waals surface area contributed by atoms with Crippen molar-refractivity contribution in [3.63, 3.8) is 0 Å². The molecule has 0 radical (unpaired) electrons. The van der Waals surface area contributed by atoms with Crippen LogP contribution in [-0.4, -0.2) is 54.9 Å². The third-order valence-electron chi connectivity index (χ3n) is 7.92. The van der Waals surface area contributed by atoms with Crippen molar-refractivity contribution in [2.45, 2.75) is 84.3 Å². The van der Waals surface area contributed by atoms with Gasteiger partial charge in [0.05, 0.1) is 19.3 Å². The summed E-state index contributed by atoms with van der Waals surface area (Å²) in [5.74, 6) is 1.79. The van der Waals surface area contributed by atoms with Gasteiger partial charge in [0.1, 0.15) is 30.4 Å². The van der Waals surface area contributed by atoms with Gasteiger partial charge in [-0.05, 0) is 49.6 Å². The quantitative estimate of drug-likeness (QED) is 0.107. The number of aryl methyl sites for hydroxylation is 3. The van der Waals surface area contributed by atoms with Crippen LogP contribution in [0.15, 0.2) is 32.1 Å². The van der Waals surface area contributed by atoms with Crippen LogP contribution in [-0.2, 0) is 31.0 Å². The number of rotatable bonds is 10. The Balaban J connectivity index is 1.31. The molecule has 4 heterocycles. The van der Waals surface area contributed by atoms with Crippen LogP contribution in [0.5, 0.6) is 5.75 Å². The molecule has 4 aromatic rings. The van der Waals surface area contributed by atoms with Gasteiger partial charge in [0.2, 0.25) is 5.28 Å². The first kappa shape index (κ1) is 33.6. The fourth-order valence-electron chi connectivity index (χ4n) is 5.87. The first-order valence-corrected chi connectivity index (χ1v) is 15.0. The van der Waals surface area contributed by atoms with Crippen LogP contribution in [0.25, 0.3) is 11.2 Å². The number of imidazole rings is 1. The van der Waals surface area contributed by atoms with Crippen LogP contribution < -0.4 is 15.9 Å². The van der Waals surface area contributed by atoms with Gasteiger partial charge in [0.25, 0.3) is 0 Å². The Kier molecular flexibility index (Phi) is 9.18. The first-order valence-electron chi connectivity index (χ1n) is 14.6. The Morgan fingerprint density at radius 2 is 2.00 bits per heavy atom. The number of fused-ring (bicyclic) bond motifs is 1. The van der Waals surface area contributed by atoms with E-state index in [0.717, 1.165) is 11.1 Å². The number of terminal acetylenes is 1. The summed E-state index contributed by atoms with van der Waals surface area (Å²) in [5, 5.41) is 14.0. The maximum atomic E-state index is 13.2. The SMILES string of the molecule is C#C[C@]1(COC(=O)CC(C)(C)c2c(C)cc(C)cc2OC(C)=O)O[C@@H](n2cnc3c(NCc4oc(=O)oc4C)nc(Cl)nc32)C[C@@H]1O. The zero-order chi connectivity index (χ0) is 34.3. The van der Waals surface area contributed by atoms with Gasteiger partial charge in [-0.2, -0.15) is 9.97 Å². The number of hydrogen-bond acceptors (Lipinski definition) is 13. The smallest absolute Gasteiger partial charge is 0.461 e. The molecule has 15 heteroatoms. The number of anilines is 1. The van der Waals surface area contributed by atoms with E-state index in [-0.39, 0.29) is 41.9 Å². The van der Waals surface area contributed by atoms with Crippen LogP contribution in [0.3, 0.4) is 0 Å². The number of nitrogens with one attached hydrogen (secondary N) is 1. The monoisotopic (exact) mass is 667 g/mol. The number of nitrogens with zero attached hydrogens (tertiary/aromatic N) is 4. The predicted molar refractivity (Wildman–Crippen MR) is 168 cm³/mol. The molecule has 248 valence electrons. The highest BCUT2D eigenvalue weighted by Crippen LogP contribution is 2.40. The van der Waals surface area contributed by atoms with Crippen molar-refractivity contribution in [2.75, 3.05) is 11.9 Å². The number of ether oxygens (including phenoxy) is 3. The van der Waals surface area contributed by atoms with Gasteiger partial charge in [-0.3, -0.25) is 14.2 Å². The summed E-state index contributed by atoms with van der Waals surface area (Å²) in [5.41, 5.74) is 0.603. The lowest BCUT2D eigenvalue weighted by atomic mass is 9.78. The lowest BCUT2D eigenvalue weighted by molar-refractivity contribution is -0.157. The standard InChI is InChI=1S/C32H34ClN5O9/c1-8-32(14-43-24(41)12-31(6,7)25-17(3)9-16(2)10-20(25)45-19(5)39)22(40)11-23(47-32)38-15-35-26-27(36-29(33)37-28(26)38)34-13-21-18(4)44-30(42)46-21/h1,9-10,15,22-23,40H,11-14H2,2-7H3,(H,34,36,37)/t22-,23+,32+/m0/s1. The summed E-state index contributed by atoms with van der Waals surface area (Å²) in [6, 6.07) is 3.70. The molecule has 3 atom stereocenters. The molecule has 0 amide bonds. The van der Waals surface area contributed by atoms with Crippen LogP contribution in [0.4, 0.5) is 5.82 Å². The molecule has 1 aliphatic rings. The molecule has 0 bridgehead atoms. The molecule has 0 saturated carbocycles. The van der Waals surface area contributed by atoms with E-state index < -0.39 is 47.7 Å². The number of esters is 2. The van der Waals surface area contributed by atoms with E-state index in [1.54, 1.807) is 17.6 Å². The fraction of sp³-hybridized carbons (Fsp3) is 0.438. The number of hydrogen-bond donors (Lipinski definition) is 2. The van der Waals surface area contributed by atoms with Crippen molar-refractivity contribution in [1.29, 1.82) is 0 Å². The molecular formula is C32H34ClN5O9. The van der Waals surface area contributed by atoms with Crippen molar-refractivity contribution in [1.82, 2.24) is 19.5 Å². The van der Waals surface area contributed by atoms with Crippen LogP contribution in [0.1, 0.15) is 68.1 Å². The number of carbonyl (C=O) groups is 2. The second kappa shape index (κ2) is 12.8. The van der Waals surface area contributed by atoms with E-state index in [0.29, 0.717) is 22.6 Å². The Morgan fingerprint density at radius 1 is 1.26 bits per heavy atom. The molecule has 47 heavy (non-hydrogen) atoms. The normalized spacial score (nSPS) is 19.5.